The summed E-state index contributed by atoms with van der Waals surface area (Å²) in [6, 6.07) is 9.83. The monoisotopic (exact) mass is 442 g/mol. The SMILES string of the molecule is CC(=O)Nc1cccc(Nc2ncnc(N3CC(Oc4ccc(F)c(Cl)c4)C3)n2)c1C. The van der Waals surface area contributed by atoms with E-state index in [2.05, 4.69) is 25.6 Å². The number of carbonyl (C=O) groups is 1. The Morgan fingerprint density at radius 1 is 1.23 bits per heavy atom. The van der Waals surface area contributed by atoms with E-state index >= 15 is 0 Å². The quantitative estimate of drug-likeness (QED) is 0.597. The van der Waals surface area contributed by atoms with Crippen molar-refractivity contribution in [2.24, 2.45) is 0 Å². The van der Waals surface area contributed by atoms with E-state index < -0.39 is 5.82 Å². The van der Waals surface area contributed by atoms with Crippen LogP contribution in [-0.4, -0.2) is 40.1 Å². The first-order chi connectivity index (χ1) is 14.9. The maximum Gasteiger partial charge on any atom is 0.232 e. The number of carbonyl (C=O) groups excluding carboxylic acids is 1. The van der Waals surface area contributed by atoms with Gasteiger partial charge in [-0.05, 0) is 36.8 Å². The van der Waals surface area contributed by atoms with Gasteiger partial charge in [-0.1, -0.05) is 17.7 Å². The minimum absolute atomic E-state index is 0.0275. The number of amides is 1. The van der Waals surface area contributed by atoms with Crippen LogP contribution in [0.3, 0.4) is 0 Å². The molecule has 0 unspecified atom stereocenters. The summed E-state index contributed by atoms with van der Waals surface area (Å²) in [7, 11) is 0. The number of benzene rings is 2. The highest BCUT2D eigenvalue weighted by Gasteiger charge is 2.31. The molecule has 10 heteroatoms. The van der Waals surface area contributed by atoms with Crippen molar-refractivity contribution in [3.05, 3.63) is 59.1 Å². The number of ether oxygens (including phenoxy) is 1. The first kappa shape index (κ1) is 20.8. The van der Waals surface area contributed by atoms with Gasteiger partial charge in [-0.3, -0.25) is 4.79 Å². The van der Waals surface area contributed by atoms with E-state index in [-0.39, 0.29) is 17.0 Å². The lowest BCUT2D eigenvalue weighted by atomic mass is 10.1. The molecule has 0 aliphatic carbocycles. The summed E-state index contributed by atoms with van der Waals surface area (Å²) in [6.07, 6.45) is 1.36. The van der Waals surface area contributed by atoms with Crippen molar-refractivity contribution in [1.29, 1.82) is 0 Å². The second kappa shape index (κ2) is 8.73. The van der Waals surface area contributed by atoms with Gasteiger partial charge in [0, 0.05) is 24.4 Å². The second-order valence-corrected chi connectivity index (χ2v) is 7.52. The van der Waals surface area contributed by atoms with Gasteiger partial charge >= 0.3 is 0 Å². The van der Waals surface area contributed by atoms with Gasteiger partial charge in [0.05, 0.1) is 18.1 Å². The third-order valence-electron chi connectivity index (χ3n) is 4.77. The Kier molecular flexibility index (Phi) is 5.85. The summed E-state index contributed by atoms with van der Waals surface area (Å²) < 4.78 is 19.1. The van der Waals surface area contributed by atoms with E-state index in [1.165, 1.54) is 25.4 Å². The summed E-state index contributed by atoms with van der Waals surface area (Å²) in [5.74, 6) is 0.809. The lowest BCUT2D eigenvalue weighted by Crippen LogP contribution is -2.54. The first-order valence-electron chi connectivity index (χ1n) is 9.59. The van der Waals surface area contributed by atoms with Gasteiger partial charge in [0.15, 0.2) is 0 Å². The van der Waals surface area contributed by atoms with E-state index in [9.17, 15) is 9.18 Å². The van der Waals surface area contributed by atoms with E-state index in [0.29, 0.717) is 30.7 Å². The summed E-state index contributed by atoms with van der Waals surface area (Å²) in [5.41, 5.74) is 2.37. The van der Waals surface area contributed by atoms with Crippen molar-refractivity contribution in [2.45, 2.75) is 20.0 Å². The maximum atomic E-state index is 13.3. The Hall–Kier alpha value is -3.46. The summed E-state index contributed by atoms with van der Waals surface area (Å²) in [5, 5.41) is 5.99. The highest BCUT2D eigenvalue weighted by Crippen LogP contribution is 2.27. The molecule has 2 aromatic carbocycles. The van der Waals surface area contributed by atoms with Crippen LogP contribution < -0.4 is 20.3 Å². The molecule has 2 heterocycles. The van der Waals surface area contributed by atoms with Crippen molar-refractivity contribution in [3.8, 4) is 5.75 Å². The van der Waals surface area contributed by atoms with E-state index in [4.69, 9.17) is 16.3 Å². The lowest BCUT2D eigenvalue weighted by Gasteiger charge is -2.38. The van der Waals surface area contributed by atoms with Crippen LogP contribution >= 0.6 is 11.6 Å². The van der Waals surface area contributed by atoms with Crippen molar-refractivity contribution >= 4 is 40.8 Å². The van der Waals surface area contributed by atoms with Crippen molar-refractivity contribution in [3.63, 3.8) is 0 Å². The first-order valence-corrected chi connectivity index (χ1v) is 9.97. The predicted octanol–water partition coefficient (Wildman–Crippen LogP) is 3.94. The number of hydrogen-bond acceptors (Lipinski definition) is 7. The molecule has 2 N–H and O–H groups in total. The molecule has 31 heavy (non-hydrogen) atoms. The van der Waals surface area contributed by atoms with Crippen LogP contribution in [0.2, 0.25) is 5.02 Å². The molecule has 0 bridgehead atoms. The van der Waals surface area contributed by atoms with E-state index in [1.807, 2.05) is 30.0 Å². The van der Waals surface area contributed by atoms with Gasteiger partial charge in [-0.15, -0.1) is 0 Å². The fourth-order valence-corrected chi connectivity index (χ4v) is 3.31. The largest absolute Gasteiger partial charge is 0.487 e. The molecule has 3 aromatic rings. The normalized spacial score (nSPS) is 13.5. The van der Waals surface area contributed by atoms with Crippen LogP contribution in [0.4, 0.5) is 27.7 Å². The molecular formula is C21H20ClFN6O2. The van der Waals surface area contributed by atoms with Crippen LogP contribution in [0.25, 0.3) is 0 Å². The zero-order valence-corrected chi connectivity index (χ0v) is 17.7. The Balaban J connectivity index is 1.39. The summed E-state index contributed by atoms with van der Waals surface area (Å²) >= 11 is 5.79. The average Bonchev–Trinajstić information content (AvgIpc) is 2.70. The maximum absolute atomic E-state index is 13.3. The highest BCUT2D eigenvalue weighted by atomic mass is 35.5. The van der Waals surface area contributed by atoms with Crippen LogP contribution in [-0.2, 0) is 4.79 Å². The smallest absolute Gasteiger partial charge is 0.232 e. The summed E-state index contributed by atoms with van der Waals surface area (Å²) in [6.45, 7) is 4.52. The fourth-order valence-electron chi connectivity index (χ4n) is 3.14. The number of halogens is 2. The number of hydrogen-bond donors (Lipinski definition) is 2. The summed E-state index contributed by atoms with van der Waals surface area (Å²) in [4.78, 5) is 26.2. The minimum Gasteiger partial charge on any atom is -0.487 e. The molecule has 1 aliphatic rings. The van der Waals surface area contributed by atoms with Crippen molar-refractivity contribution in [1.82, 2.24) is 15.0 Å². The molecule has 0 spiro atoms. The number of anilines is 4. The topological polar surface area (TPSA) is 92.3 Å². The van der Waals surface area contributed by atoms with Gasteiger partial charge in [-0.25, -0.2) is 14.4 Å². The molecule has 0 radical (unpaired) electrons. The van der Waals surface area contributed by atoms with Crippen LogP contribution in [0.15, 0.2) is 42.7 Å². The highest BCUT2D eigenvalue weighted by molar-refractivity contribution is 6.30. The molecule has 1 saturated heterocycles. The average molecular weight is 443 g/mol. The molecule has 0 atom stereocenters. The number of nitrogens with one attached hydrogen (secondary N) is 2. The van der Waals surface area contributed by atoms with Gasteiger partial charge in [0.2, 0.25) is 17.8 Å². The van der Waals surface area contributed by atoms with Gasteiger partial charge < -0.3 is 20.3 Å². The molecule has 0 saturated carbocycles. The van der Waals surface area contributed by atoms with Gasteiger partial charge in [-0.2, -0.15) is 4.98 Å². The zero-order chi connectivity index (χ0) is 22.0. The van der Waals surface area contributed by atoms with Crippen LogP contribution in [0, 0.1) is 12.7 Å². The molecule has 1 amide bonds. The van der Waals surface area contributed by atoms with Gasteiger partial charge in [0.25, 0.3) is 0 Å². The van der Waals surface area contributed by atoms with E-state index in [1.54, 1.807) is 6.07 Å². The zero-order valence-electron chi connectivity index (χ0n) is 16.9. The van der Waals surface area contributed by atoms with Crippen LogP contribution in [0.5, 0.6) is 5.75 Å². The number of nitrogens with zero attached hydrogens (tertiary/aromatic N) is 4. The predicted molar refractivity (Wildman–Crippen MR) is 117 cm³/mol. The van der Waals surface area contributed by atoms with Crippen LogP contribution in [0.1, 0.15) is 12.5 Å². The Labute approximate surface area is 183 Å². The van der Waals surface area contributed by atoms with Crippen molar-refractivity contribution in [2.75, 3.05) is 28.6 Å². The second-order valence-electron chi connectivity index (χ2n) is 7.11. The standard InChI is InChI=1S/C21H20ClFN6O2/c1-12-18(26-13(2)30)4-3-5-19(12)27-20-24-11-25-21(28-20)29-9-15(10-29)31-14-6-7-17(23)16(22)8-14/h3-8,11,15H,9-10H2,1-2H3,(H,26,30)(H,24,25,27,28). The molecule has 4 rings (SSSR count). The molecule has 1 aromatic heterocycles. The minimum atomic E-state index is -0.479. The molecular weight excluding hydrogens is 423 g/mol. The number of aromatic nitrogens is 3. The molecule has 1 fully saturated rings. The molecule has 1 aliphatic heterocycles. The molecule has 160 valence electrons. The Bertz CT molecular complexity index is 1120. The molecule has 8 nitrogen and oxygen atoms in total. The third kappa shape index (κ3) is 4.83. The van der Waals surface area contributed by atoms with E-state index in [0.717, 1.165) is 16.9 Å². The lowest BCUT2D eigenvalue weighted by molar-refractivity contribution is -0.114. The Morgan fingerprint density at radius 2 is 2.00 bits per heavy atom. The Morgan fingerprint density at radius 3 is 2.74 bits per heavy atom. The van der Waals surface area contributed by atoms with Gasteiger partial charge in [0.1, 0.15) is 24.0 Å². The number of rotatable bonds is 6. The third-order valence-corrected chi connectivity index (χ3v) is 5.06. The van der Waals surface area contributed by atoms with Crippen molar-refractivity contribution < 1.29 is 13.9 Å². The fraction of sp³-hybridized carbons (Fsp3) is 0.238.